The first-order valence-corrected chi connectivity index (χ1v) is 3.25. The molecule has 0 aliphatic carbocycles. The van der Waals surface area contributed by atoms with Crippen molar-refractivity contribution in [3.63, 3.8) is 0 Å². The van der Waals surface area contributed by atoms with Crippen molar-refractivity contribution in [2.24, 2.45) is 0 Å². The Hall–Kier alpha value is -0.500. The zero-order chi connectivity index (χ0) is 6.69. The second-order valence-corrected chi connectivity index (χ2v) is 2.32. The van der Waals surface area contributed by atoms with E-state index in [0.29, 0.717) is 0 Å². The van der Waals surface area contributed by atoms with Gasteiger partial charge >= 0.3 is 0 Å². The largest absolute Gasteiger partial charge is 0.364 e. The van der Waals surface area contributed by atoms with Gasteiger partial charge in [-0.25, -0.2) is 0 Å². The summed E-state index contributed by atoms with van der Waals surface area (Å²) in [5.74, 6) is 0. The monoisotopic (exact) mass is 127 g/mol. The van der Waals surface area contributed by atoms with Crippen molar-refractivity contribution >= 4 is 0 Å². The number of hydrogen-bond donors (Lipinski definition) is 0. The number of hydrogen-bond acceptors (Lipinski definition) is 2. The summed E-state index contributed by atoms with van der Waals surface area (Å²) >= 11 is 0. The van der Waals surface area contributed by atoms with Crippen LogP contribution in [0, 0.1) is 0 Å². The van der Waals surface area contributed by atoms with E-state index in [-0.39, 0.29) is 0 Å². The average molecular weight is 127 g/mol. The van der Waals surface area contributed by atoms with Crippen LogP contribution in [0.5, 0.6) is 0 Å². The summed E-state index contributed by atoms with van der Waals surface area (Å²) in [5.41, 5.74) is 1.34. The predicted molar refractivity (Wildman–Crippen MR) is 37.0 cm³/mol. The smallest absolute Gasteiger partial charge is 0.118 e. The highest BCUT2D eigenvalue weighted by Crippen LogP contribution is 2.12. The minimum absolute atomic E-state index is 0.738. The van der Waals surface area contributed by atoms with Gasteiger partial charge in [-0.3, -0.25) is 0 Å². The Kier molecular flexibility index (Phi) is 2.11. The van der Waals surface area contributed by atoms with Crippen molar-refractivity contribution in [1.29, 1.82) is 0 Å². The molecule has 2 heteroatoms. The molecule has 0 fully saturated rings. The van der Waals surface area contributed by atoms with Gasteiger partial charge in [-0.2, -0.15) is 0 Å². The van der Waals surface area contributed by atoms with Gasteiger partial charge in [-0.15, -0.1) is 0 Å². The van der Waals surface area contributed by atoms with Crippen LogP contribution in [-0.2, 0) is 4.74 Å². The number of rotatable bonds is 2. The molecule has 1 aliphatic rings. The van der Waals surface area contributed by atoms with Crippen molar-refractivity contribution in [3.05, 3.63) is 11.8 Å². The van der Waals surface area contributed by atoms with Crippen LogP contribution in [-0.4, -0.2) is 25.3 Å². The molecule has 0 saturated heterocycles. The molecule has 0 spiro atoms. The topological polar surface area (TPSA) is 12.5 Å². The summed E-state index contributed by atoms with van der Waals surface area (Å²) in [6, 6.07) is 0. The van der Waals surface area contributed by atoms with Crippen LogP contribution in [0.1, 0.15) is 13.3 Å². The zero-order valence-electron chi connectivity index (χ0n) is 6.05. The third-order valence-corrected chi connectivity index (χ3v) is 1.62. The minimum atomic E-state index is 0.738. The molecule has 0 amide bonds. The maximum atomic E-state index is 4.98. The molecule has 1 heterocycles. The first kappa shape index (κ1) is 6.62. The predicted octanol–water partition coefficient (Wildman–Crippen LogP) is 1.20. The molecule has 0 aromatic heterocycles. The second-order valence-electron chi connectivity index (χ2n) is 2.32. The second kappa shape index (κ2) is 2.87. The molecule has 1 aliphatic heterocycles. The molecule has 0 aromatic carbocycles. The number of nitrogens with zero attached hydrogens (tertiary/aromatic N) is 1. The standard InChI is InChI=1S/C7H13NO/c1-7-4-3-5-8(7)6-9-2/h4H,3,5-6H2,1-2H3. The summed E-state index contributed by atoms with van der Waals surface area (Å²) in [6.45, 7) is 3.98. The Morgan fingerprint density at radius 1 is 1.78 bits per heavy atom. The van der Waals surface area contributed by atoms with E-state index in [2.05, 4.69) is 17.9 Å². The van der Waals surface area contributed by atoms with E-state index in [1.165, 1.54) is 12.1 Å². The SMILES string of the molecule is COCN1CCC=C1C. The number of methoxy groups -OCH3 is 1. The Morgan fingerprint density at radius 3 is 3.00 bits per heavy atom. The Labute approximate surface area is 56.1 Å². The molecule has 0 aromatic rings. The van der Waals surface area contributed by atoms with Gasteiger partial charge in [0.2, 0.25) is 0 Å². The average Bonchev–Trinajstić information content (AvgIpc) is 2.18. The maximum Gasteiger partial charge on any atom is 0.118 e. The van der Waals surface area contributed by atoms with Crippen LogP contribution >= 0.6 is 0 Å². The van der Waals surface area contributed by atoms with Crippen LogP contribution < -0.4 is 0 Å². The van der Waals surface area contributed by atoms with E-state index < -0.39 is 0 Å². The highest BCUT2D eigenvalue weighted by Gasteiger charge is 2.08. The summed E-state index contributed by atoms with van der Waals surface area (Å²) in [5, 5.41) is 0. The molecule has 9 heavy (non-hydrogen) atoms. The van der Waals surface area contributed by atoms with E-state index in [9.17, 15) is 0 Å². The molecule has 0 atom stereocenters. The summed E-state index contributed by atoms with van der Waals surface area (Å²) in [4.78, 5) is 2.22. The summed E-state index contributed by atoms with van der Waals surface area (Å²) in [6.07, 6.45) is 3.41. The van der Waals surface area contributed by atoms with Gasteiger partial charge in [0.15, 0.2) is 0 Å². The third-order valence-electron chi connectivity index (χ3n) is 1.62. The van der Waals surface area contributed by atoms with Crippen molar-refractivity contribution in [3.8, 4) is 0 Å². The lowest BCUT2D eigenvalue weighted by molar-refractivity contribution is 0.0942. The minimum Gasteiger partial charge on any atom is -0.364 e. The summed E-state index contributed by atoms with van der Waals surface area (Å²) < 4.78 is 4.98. The molecule has 0 radical (unpaired) electrons. The molecule has 2 nitrogen and oxygen atoms in total. The molecule has 52 valence electrons. The van der Waals surface area contributed by atoms with Crippen molar-refractivity contribution in [2.75, 3.05) is 20.4 Å². The lowest BCUT2D eigenvalue weighted by Gasteiger charge is -2.17. The molecular formula is C7H13NO. The van der Waals surface area contributed by atoms with E-state index in [0.717, 1.165) is 13.3 Å². The van der Waals surface area contributed by atoms with Gasteiger partial charge in [-0.05, 0) is 13.3 Å². The third kappa shape index (κ3) is 1.45. The molecule has 1 rings (SSSR count). The van der Waals surface area contributed by atoms with Crippen LogP contribution in [0.25, 0.3) is 0 Å². The van der Waals surface area contributed by atoms with E-state index in [1.807, 2.05) is 0 Å². The summed E-state index contributed by atoms with van der Waals surface area (Å²) in [7, 11) is 1.73. The van der Waals surface area contributed by atoms with Crippen molar-refractivity contribution in [1.82, 2.24) is 4.90 Å². The Balaban J connectivity index is 2.34. The quantitative estimate of drug-likeness (QED) is 0.552. The van der Waals surface area contributed by atoms with E-state index >= 15 is 0 Å². The van der Waals surface area contributed by atoms with Gasteiger partial charge in [0.1, 0.15) is 6.73 Å². The fourth-order valence-electron chi connectivity index (χ4n) is 1.06. The van der Waals surface area contributed by atoms with Gasteiger partial charge in [0, 0.05) is 19.4 Å². The highest BCUT2D eigenvalue weighted by atomic mass is 16.5. The first-order valence-electron chi connectivity index (χ1n) is 3.25. The van der Waals surface area contributed by atoms with Gasteiger partial charge in [0.05, 0.1) is 0 Å². The molecule has 0 N–H and O–H groups in total. The molecular weight excluding hydrogens is 114 g/mol. The van der Waals surface area contributed by atoms with Crippen LogP contribution in [0.4, 0.5) is 0 Å². The number of ether oxygens (including phenoxy) is 1. The van der Waals surface area contributed by atoms with Gasteiger partial charge in [-0.1, -0.05) is 6.08 Å². The lowest BCUT2D eigenvalue weighted by atomic mass is 10.4. The van der Waals surface area contributed by atoms with E-state index in [4.69, 9.17) is 4.74 Å². The van der Waals surface area contributed by atoms with Crippen molar-refractivity contribution < 1.29 is 4.74 Å². The first-order chi connectivity index (χ1) is 4.34. The highest BCUT2D eigenvalue weighted by molar-refractivity contribution is 5.03. The maximum absolute atomic E-state index is 4.98. The molecule has 0 unspecified atom stereocenters. The Bertz CT molecular complexity index is 120. The lowest BCUT2D eigenvalue weighted by Crippen LogP contribution is -2.20. The number of allylic oxidation sites excluding steroid dienone is 1. The normalized spacial score (nSPS) is 18.4. The van der Waals surface area contributed by atoms with Crippen LogP contribution in [0.3, 0.4) is 0 Å². The Morgan fingerprint density at radius 2 is 2.56 bits per heavy atom. The fourth-order valence-corrected chi connectivity index (χ4v) is 1.06. The molecule has 0 saturated carbocycles. The van der Waals surface area contributed by atoms with Crippen molar-refractivity contribution in [2.45, 2.75) is 13.3 Å². The van der Waals surface area contributed by atoms with Crippen LogP contribution in [0.2, 0.25) is 0 Å². The van der Waals surface area contributed by atoms with Crippen LogP contribution in [0.15, 0.2) is 11.8 Å². The van der Waals surface area contributed by atoms with Gasteiger partial charge < -0.3 is 9.64 Å². The van der Waals surface area contributed by atoms with Gasteiger partial charge in [0.25, 0.3) is 0 Å². The molecule has 0 bridgehead atoms. The van der Waals surface area contributed by atoms with E-state index in [1.54, 1.807) is 7.11 Å². The fraction of sp³-hybridized carbons (Fsp3) is 0.714. The zero-order valence-corrected chi connectivity index (χ0v) is 6.05.